The Labute approximate surface area is 208 Å². The first-order valence-electron chi connectivity index (χ1n) is 14.1. The molecule has 3 rings (SSSR count). The maximum Gasteiger partial charge on any atom is 0.343 e. The molecule has 2 aromatic rings. The van der Waals surface area contributed by atoms with Crippen LogP contribution in [0.5, 0.6) is 5.75 Å². The lowest BCUT2D eigenvalue weighted by Gasteiger charge is -2.29. The minimum absolute atomic E-state index is 0.272. The number of rotatable bonds is 14. The summed E-state index contributed by atoms with van der Waals surface area (Å²) in [6, 6.07) is 16.2. The van der Waals surface area contributed by atoms with Crippen LogP contribution in [0.15, 0.2) is 48.5 Å². The van der Waals surface area contributed by atoms with Gasteiger partial charge in [0.1, 0.15) is 5.75 Å². The van der Waals surface area contributed by atoms with Crippen LogP contribution in [0.3, 0.4) is 0 Å². The largest absolute Gasteiger partial charge is 0.423 e. The van der Waals surface area contributed by atoms with Gasteiger partial charge in [0, 0.05) is 0 Å². The number of hydrogen-bond donors (Lipinski definition) is 0. The fourth-order valence-electron chi connectivity index (χ4n) is 5.36. The van der Waals surface area contributed by atoms with Crippen molar-refractivity contribution in [3.63, 3.8) is 0 Å². The van der Waals surface area contributed by atoms with Gasteiger partial charge in [0.05, 0.1) is 5.56 Å². The second-order valence-electron chi connectivity index (χ2n) is 10.4. The summed E-state index contributed by atoms with van der Waals surface area (Å²) in [4.78, 5) is 12.6. The van der Waals surface area contributed by atoms with Crippen LogP contribution in [-0.2, 0) is 6.42 Å². The zero-order valence-corrected chi connectivity index (χ0v) is 21.7. The van der Waals surface area contributed by atoms with Gasteiger partial charge in [0.2, 0.25) is 0 Å². The molecule has 2 heteroatoms. The van der Waals surface area contributed by atoms with E-state index >= 15 is 0 Å². The van der Waals surface area contributed by atoms with Crippen LogP contribution in [0.25, 0.3) is 0 Å². The molecule has 0 spiro atoms. The minimum Gasteiger partial charge on any atom is -0.423 e. The molecule has 0 aromatic heterocycles. The third-order valence-electron chi connectivity index (χ3n) is 7.63. The molecule has 186 valence electrons. The average Bonchev–Trinajstić information content (AvgIpc) is 2.87. The number of hydrogen-bond acceptors (Lipinski definition) is 2. The molecule has 0 saturated heterocycles. The Balaban J connectivity index is 1.40. The minimum atomic E-state index is -0.272. The number of benzene rings is 2. The molecule has 0 atom stereocenters. The Morgan fingerprint density at radius 3 is 2.03 bits per heavy atom. The van der Waals surface area contributed by atoms with Crippen LogP contribution in [0, 0.1) is 5.92 Å². The fourth-order valence-corrected chi connectivity index (χ4v) is 5.36. The van der Waals surface area contributed by atoms with Gasteiger partial charge in [-0.05, 0) is 85.8 Å². The molecule has 0 bridgehead atoms. The molecule has 1 saturated carbocycles. The van der Waals surface area contributed by atoms with Crippen molar-refractivity contribution in [2.24, 2.45) is 5.92 Å². The maximum absolute atomic E-state index is 12.6. The van der Waals surface area contributed by atoms with Gasteiger partial charge in [-0.1, -0.05) is 95.9 Å². The third kappa shape index (κ3) is 8.93. The first-order valence-corrected chi connectivity index (χ1v) is 14.1. The van der Waals surface area contributed by atoms with Crippen LogP contribution >= 0.6 is 0 Å². The molecule has 2 aromatic carbocycles. The lowest BCUT2D eigenvalue weighted by molar-refractivity contribution is 0.0734. The van der Waals surface area contributed by atoms with E-state index in [1.54, 1.807) is 0 Å². The smallest absolute Gasteiger partial charge is 0.343 e. The Hall–Kier alpha value is -2.09. The van der Waals surface area contributed by atoms with E-state index in [0.29, 0.717) is 17.2 Å². The second-order valence-corrected chi connectivity index (χ2v) is 10.4. The van der Waals surface area contributed by atoms with E-state index in [1.165, 1.54) is 101 Å². The summed E-state index contributed by atoms with van der Waals surface area (Å²) in [5, 5.41) is 0. The number of esters is 1. The summed E-state index contributed by atoms with van der Waals surface area (Å²) < 4.78 is 5.65. The van der Waals surface area contributed by atoms with E-state index in [9.17, 15) is 4.79 Å². The molecular weight excluding hydrogens is 416 g/mol. The van der Waals surface area contributed by atoms with Gasteiger partial charge >= 0.3 is 5.97 Å². The summed E-state index contributed by atoms with van der Waals surface area (Å²) in [5.41, 5.74) is 3.32. The fraction of sp³-hybridized carbons (Fsp3) is 0.594. The van der Waals surface area contributed by atoms with Gasteiger partial charge in [0.25, 0.3) is 0 Å². The van der Waals surface area contributed by atoms with Crippen LogP contribution in [0.1, 0.15) is 131 Å². The van der Waals surface area contributed by atoms with E-state index < -0.39 is 0 Å². The predicted octanol–water partition coefficient (Wildman–Crippen LogP) is 9.66. The number of aryl methyl sites for hydroxylation is 1. The SMILES string of the molecule is CCCCCCCCc1ccc(C(=O)Oc2ccc(C3CCC(CCCCC)CC3)cc2)cc1. The Bertz CT molecular complexity index is 813. The van der Waals surface area contributed by atoms with Crippen molar-refractivity contribution in [1.82, 2.24) is 0 Å². The van der Waals surface area contributed by atoms with Gasteiger partial charge < -0.3 is 4.74 Å². The first-order chi connectivity index (χ1) is 16.7. The standard InChI is InChI=1S/C32H46O2/c1-3-5-7-8-9-11-13-27-16-20-30(21-17-27)32(33)34-31-24-22-29(23-25-31)28-18-14-26(15-19-28)12-10-6-4-2/h16-17,20-26,28H,3-15,18-19H2,1-2H3. The van der Waals surface area contributed by atoms with Crippen molar-refractivity contribution in [2.75, 3.05) is 0 Å². The van der Waals surface area contributed by atoms with E-state index in [4.69, 9.17) is 4.74 Å². The summed E-state index contributed by atoms with van der Waals surface area (Å²) in [7, 11) is 0. The van der Waals surface area contributed by atoms with Crippen LogP contribution < -0.4 is 4.74 Å². The van der Waals surface area contributed by atoms with E-state index in [2.05, 4.69) is 38.1 Å². The Morgan fingerprint density at radius 2 is 1.35 bits per heavy atom. The molecule has 0 amide bonds. The summed E-state index contributed by atoms with van der Waals surface area (Å²) in [6.45, 7) is 4.54. The lowest BCUT2D eigenvalue weighted by atomic mass is 9.77. The summed E-state index contributed by atoms with van der Waals surface area (Å²) >= 11 is 0. The van der Waals surface area contributed by atoms with Crippen LogP contribution in [0.2, 0.25) is 0 Å². The van der Waals surface area contributed by atoms with Gasteiger partial charge in [0.15, 0.2) is 0 Å². The average molecular weight is 463 g/mol. The summed E-state index contributed by atoms with van der Waals surface area (Å²) in [5.74, 6) is 1.95. The number of unbranched alkanes of at least 4 members (excludes halogenated alkanes) is 7. The topological polar surface area (TPSA) is 26.3 Å². The van der Waals surface area contributed by atoms with Gasteiger partial charge in [-0.15, -0.1) is 0 Å². The molecule has 0 radical (unpaired) electrons. The van der Waals surface area contributed by atoms with Crippen molar-refractivity contribution in [3.05, 3.63) is 65.2 Å². The molecule has 1 aliphatic carbocycles. The molecule has 0 aliphatic heterocycles. The third-order valence-corrected chi connectivity index (χ3v) is 7.63. The van der Waals surface area contributed by atoms with Crippen molar-refractivity contribution in [3.8, 4) is 5.75 Å². The highest BCUT2D eigenvalue weighted by Gasteiger charge is 2.22. The maximum atomic E-state index is 12.6. The van der Waals surface area contributed by atoms with E-state index in [0.717, 1.165) is 12.3 Å². The Morgan fingerprint density at radius 1 is 0.735 bits per heavy atom. The molecule has 1 fully saturated rings. The normalized spacial score (nSPS) is 18.1. The zero-order chi connectivity index (χ0) is 24.0. The second kappa shape index (κ2) is 15.0. The highest BCUT2D eigenvalue weighted by molar-refractivity contribution is 5.91. The van der Waals surface area contributed by atoms with Gasteiger partial charge in [-0.3, -0.25) is 0 Å². The number of carbonyl (C=O) groups excluding carboxylic acids is 1. The highest BCUT2D eigenvalue weighted by atomic mass is 16.5. The number of ether oxygens (including phenoxy) is 1. The van der Waals surface area contributed by atoms with E-state index in [-0.39, 0.29) is 5.97 Å². The molecule has 1 aliphatic rings. The van der Waals surface area contributed by atoms with Crippen molar-refractivity contribution in [1.29, 1.82) is 0 Å². The highest BCUT2D eigenvalue weighted by Crippen LogP contribution is 2.38. The van der Waals surface area contributed by atoms with Gasteiger partial charge in [-0.25, -0.2) is 4.79 Å². The zero-order valence-electron chi connectivity index (χ0n) is 21.7. The van der Waals surface area contributed by atoms with Crippen molar-refractivity contribution >= 4 is 5.97 Å². The van der Waals surface area contributed by atoms with Crippen LogP contribution in [0.4, 0.5) is 0 Å². The number of carbonyl (C=O) groups is 1. The summed E-state index contributed by atoms with van der Waals surface area (Å²) in [6.07, 6.45) is 19.7. The van der Waals surface area contributed by atoms with Gasteiger partial charge in [-0.2, -0.15) is 0 Å². The lowest BCUT2D eigenvalue weighted by Crippen LogP contribution is -2.13. The molecule has 0 N–H and O–H groups in total. The molecule has 0 unspecified atom stereocenters. The quantitative estimate of drug-likeness (QED) is 0.159. The first kappa shape index (κ1) is 26.5. The predicted molar refractivity (Wildman–Crippen MR) is 144 cm³/mol. The van der Waals surface area contributed by atoms with Crippen LogP contribution in [-0.4, -0.2) is 5.97 Å². The molecule has 2 nitrogen and oxygen atoms in total. The molecule has 34 heavy (non-hydrogen) atoms. The Kier molecular flexibility index (Phi) is 11.7. The molecule has 0 heterocycles. The van der Waals surface area contributed by atoms with E-state index in [1.807, 2.05) is 24.3 Å². The molecular formula is C32H46O2. The monoisotopic (exact) mass is 462 g/mol. The van der Waals surface area contributed by atoms with Crippen molar-refractivity contribution < 1.29 is 9.53 Å². The van der Waals surface area contributed by atoms with Crippen molar-refractivity contribution in [2.45, 2.75) is 116 Å².